The zero-order chi connectivity index (χ0) is 19.8. The molecule has 0 saturated carbocycles. The second kappa shape index (κ2) is 10.3. The second-order valence-corrected chi connectivity index (χ2v) is 7.62. The molecule has 7 nitrogen and oxygen atoms in total. The van der Waals surface area contributed by atoms with E-state index < -0.39 is 11.8 Å². The number of amides is 2. The van der Waals surface area contributed by atoms with Crippen molar-refractivity contribution in [3.05, 3.63) is 29.8 Å². The molecular formula is C20H35N5O2+2. The molecule has 0 unspecified atom stereocenters. The molecule has 0 radical (unpaired) electrons. The van der Waals surface area contributed by atoms with Crippen LogP contribution in [0.15, 0.2) is 24.3 Å². The Morgan fingerprint density at radius 2 is 1.63 bits per heavy atom. The lowest BCUT2D eigenvalue weighted by Crippen LogP contribution is -3.27. The summed E-state index contributed by atoms with van der Waals surface area (Å²) in [6, 6.07) is 8.65. The van der Waals surface area contributed by atoms with Gasteiger partial charge in [-0.05, 0) is 18.6 Å². The molecule has 7 heteroatoms. The topological polar surface area (TPSA) is 70.3 Å². The first-order chi connectivity index (χ1) is 12.9. The fourth-order valence-electron chi connectivity index (χ4n) is 3.44. The molecule has 1 atom stereocenters. The number of quaternary nitrogens is 2. The quantitative estimate of drug-likeness (QED) is 0.410. The second-order valence-electron chi connectivity index (χ2n) is 7.62. The number of nitrogens with zero attached hydrogens (tertiary/aromatic N) is 1. The van der Waals surface area contributed by atoms with E-state index in [2.05, 4.69) is 46.8 Å². The summed E-state index contributed by atoms with van der Waals surface area (Å²) in [5.74, 6) is -1.09. The lowest BCUT2D eigenvalue weighted by molar-refractivity contribution is -1.02. The highest BCUT2D eigenvalue weighted by molar-refractivity contribution is 6.35. The minimum Gasteiger partial charge on any atom is -0.378 e. The zero-order valence-corrected chi connectivity index (χ0v) is 17.1. The van der Waals surface area contributed by atoms with Crippen molar-refractivity contribution in [1.29, 1.82) is 0 Å². The van der Waals surface area contributed by atoms with Crippen LogP contribution in [0.3, 0.4) is 0 Å². The Hall–Kier alpha value is -2.12. The van der Waals surface area contributed by atoms with Gasteiger partial charge >= 0.3 is 11.8 Å². The number of carbonyl (C=O) groups is 2. The van der Waals surface area contributed by atoms with Crippen LogP contribution in [0, 0.1) is 0 Å². The maximum Gasteiger partial charge on any atom is 0.309 e. The fourth-order valence-corrected chi connectivity index (χ4v) is 3.44. The van der Waals surface area contributed by atoms with Gasteiger partial charge in [-0.3, -0.25) is 9.59 Å². The van der Waals surface area contributed by atoms with Crippen LogP contribution in [-0.4, -0.2) is 72.2 Å². The Morgan fingerprint density at radius 3 is 2.19 bits per heavy atom. The monoisotopic (exact) mass is 377 g/mol. The van der Waals surface area contributed by atoms with E-state index in [4.69, 9.17) is 0 Å². The molecule has 0 aliphatic carbocycles. The molecule has 27 heavy (non-hydrogen) atoms. The average molecular weight is 378 g/mol. The number of benzene rings is 1. The minimum atomic E-state index is -0.545. The Balaban J connectivity index is 2.07. The lowest BCUT2D eigenvalue weighted by atomic mass is 10.0. The third-order valence-electron chi connectivity index (χ3n) is 5.26. The predicted molar refractivity (Wildman–Crippen MR) is 107 cm³/mol. The third kappa shape index (κ3) is 6.22. The Labute approximate surface area is 162 Å². The molecule has 150 valence electrons. The molecule has 2 amide bonds. The SMILES string of the molecule is CCCNC(=O)C(=O)NC[C@H](c1ccc(N(C)C)cc1)[NH+]1CC[NH+](C)CC1. The maximum atomic E-state index is 12.1. The van der Waals surface area contributed by atoms with Crippen LogP contribution in [0.25, 0.3) is 0 Å². The molecule has 1 aromatic rings. The zero-order valence-electron chi connectivity index (χ0n) is 17.1. The largest absolute Gasteiger partial charge is 0.378 e. The number of rotatable bonds is 7. The molecule has 2 rings (SSSR count). The normalized spacial score (nSPS) is 20.6. The van der Waals surface area contributed by atoms with E-state index in [0.717, 1.165) is 38.3 Å². The van der Waals surface area contributed by atoms with Crippen molar-refractivity contribution in [3.8, 4) is 0 Å². The number of piperazine rings is 1. The molecule has 0 spiro atoms. The fraction of sp³-hybridized carbons (Fsp3) is 0.600. The van der Waals surface area contributed by atoms with Gasteiger partial charge in [0.05, 0.1) is 13.6 Å². The summed E-state index contributed by atoms with van der Waals surface area (Å²) in [5, 5.41) is 5.48. The molecule has 1 fully saturated rings. The number of likely N-dealkylation sites (N-methyl/N-ethyl adjacent to an activating group) is 1. The predicted octanol–water partition coefficient (Wildman–Crippen LogP) is -2.15. The number of anilines is 1. The Bertz CT molecular complexity index is 609. The van der Waals surface area contributed by atoms with Gasteiger partial charge < -0.3 is 25.3 Å². The molecule has 1 saturated heterocycles. The number of carbonyl (C=O) groups excluding carboxylic acids is 2. The number of hydrogen-bond acceptors (Lipinski definition) is 3. The molecule has 0 bridgehead atoms. The van der Waals surface area contributed by atoms with Crippen LogP contribution in [-0.2, 0) is 9.59 Å². The summed E-state index contributed by atoms with van der Waals surface area (Å²) >= 11 is 0. The van der Waals surface area contributed by atoms with Crippen molar-refractivity contribution in [1.82, 2.24) is 10.6 Å². The van der Waals surface area contributed by atoms with E-state index in [0.29, 0.717) is 13.1 Å². The van der Waals surface area contributed by atoms with Crippen LogP contribution in [0.4, 0.5) is 5.69 Å². The van der Waals surface area contributed by atoms with E-state index in [9.17, 15) is 9.59 Å². The molecule has 0 aromatic heterocycles. The van der Waals surface area contributed by atoms with Gasteiger partial charge in [-0.1, -0.05) is 19.1 Å². The molecule has 1 aliphatic rings. The van der Waals surface area contributed by atoms with E-state index in [1.54, 1.807) is 4.90 Å². The first-order valence-electron chi connectivity index (χ1n) is 9.91. The highest BCUT2D eigenvalue weighted by Crippen LogP contribution is 2.16. The maximum absolute atomic E-state index is 12.1. The van der Waals surface area contributed by atoms with Gasteiger partial charge in [-0.15, -0.1) is 0 Å². The molecule has 1 aliphatic heterocycles. The van der Waals surface area contributed by atoms with Crippen molar-refractivity contribution < 1.29 is 19.4 Å². The van der Waals surface area contributed by atoms with E-state index in [1.165, 1.54) is 10.5 Å². The number of nitrogens with one attached hydrogen (secondary N) is 4. The van der Waals surface area contributed by atoms with Crippen LogP contribution in [0.1, 0.15) is 24.9 Å². The molecule has 4 N–H and O–H groups in total. The van der Waals surface area contributed by atoms with Crippen LogP contribution < -0.4 is 25.3 Å². The van der Waals surface area contributed by atoms with E-state index in [1.807, 2.05) is 21.0 Å². The van der Waals surface area contributed by atoms with Gasteiger partial charge in [-0.25, -0.2) is 0 Å². The summed E-state index contributed by atoms with van der Waals surface area (Å²) < 4.78 is 0. The van der Waals surface area contributed by atoms with Gasteiger partial charge in [0.15, 0.2) is 0 Å². The summed E-state index contributed by atoms with van der Waals surface area (Å²) in [4.78, 5) is 29.1. The van der Waals surface area contributed by atoms with Crippen LogP contribution in [0.2, 0.25) is 0 Å². The molecule has 1 aromatic carbocycles. The van der Waals surface area contributed by atoms with E-state index >= 15 is 0 Å². The Kier molecular flexibility index (Phi) is 8.06. The summed E-state index contributed by atoms with van der Waals surface area (Å²) in [6.45, 7) is 7.30. The van der Waals surface area contributed by atoms with Crippen molar-refractivity contribution in [2.24, 2.45) is 0 Å². The molecular weight excluding hydrogens is 342 g/mol. The summed E-state index contributed by atoms with van der Waals surface area (Å²) in [5.41, 5.74) is 2.35. The minimum absolute atomic E-state index is 0.150. The Morgan fingerprint density at radius 1 is 1.04 bits per heavy atom. The van der Waals surface area contributed by atoms with Crippen molar-refractivity contribution >= 4 is 17.5 Å². The number of hydrogen-bond donors (Lipinski definition) is 4. The molecule has 1 heterocycles. The van der Waals surface area contributed by atoms with Crippen molar-refractivity contribution in [3.63, 3.8) is 0 Å². The van der Waals surface area contributed by atoms with Crippen molar-refractivity contribution in [2.75, 3.05) is 65.3 Å². The lowest BCUT2D eigenvalue weighted by Gasteiger charge is -2.33. The van der Waals surface area contributed by atoms with Crippen LogP contribution in [0.5, 0.6) is 0 Å². The average Bonchev–Trinajstić information content (AvgIpc) is 2.67. The van der Waals surface area contributed by atoms with Gasteiger partial charge in [-0.2, -0.15) is 0 Å². The van der Waals surface area contributed by atoms with E-state index in [-0.39, 0.29) is 6.04 Å². The first-order valence-corrected chi connectivity index (χ1v) is 9.91. The highest BCUT2D eigenvalue weighted by Gasteiger charge is 2.30. The van der Waals surface area contributed by atoms with Crippen LogP contribution >= 0.6 is 0 Å². The van der Waals surface area contributed by atoms with Gasteiger partial charge in [0, 0.05) is 31.9 Å². The third-order valence-corrected chi connectivity index (χ3v) is 5.26. The standard InChI is InChI=1S/C20H33N5O2/c1-5-10-21-19(26)20(27)22-15-18(25-13-11-24(4)12-14-25)16-6-8-17(9-7-16)23(2)3/h6-9,18H,5,10-15H2,1-4H3,(H,21,26)(H,22,27)/p+2/t18-/m1/s1. The first kappa shape index (κ1) is 21.2. The highest BCUT2D eigenvalue weighted by atomic mass is 16.2. The summed E-state index contributed by atoms with van der Waals surface area (Å²) in [6.07, 6.45) is 0.813. The van der Waals surface area contributed by atoms with Gasteiger partial charge in [0.1, 0.15) is 32.2 Å². The summed E-state index contributed by atoms with van der Waals surface area (Å²) in [7, 11) is 6.27. The van der Waals surface area contributed by atoms with Gasteiger partial charge in [0.25, 0.3) is 0 Å². The van der Waals surface area contributed by atoms with Gasteiger partial charge in [0.2, 0.25) is 0 Å². The van der Waals surface area contributed by atoms with Crippen molar-refractivity contribution in [2.45, 2.75) is 19.4 Å². The smallest absolute Gasteiger partial charge is 0.309 e.